The lowest BCUT2D eigenvalue weighted by Crippen LogP contribution is -2.54. The Balaban J connectivity index is 1.72. The van der Waals surface area contributed by atoms with Crippen LogP contribution in [0.15, 0.2) is 72.8 Å². The van der Waals surface area contributed by atoms with E-state index >= 15 is 0 Å². The van der Waals surface area contributed by atoms with Gasteiger partial charge in [0.2, 0.25) is 5.91 Å². The monoisotopic (exact) mass is 491 g/mol. The van der Waals surface area contributed by atoms with Gasteiger partial charge in [0, 0.05) is 5.56 Å². The molecule has 0 spiro atoms. The van der Waals surface area contributed by atoms with E-state index in [4.69, 9.17) is 9.47 Å². The maximum absolute atomic E-state index is 14.3. The third-order valence-corrected chi connectivity index (χ3v) is 5.64. The molecule has 1 fully saturated rings. The van der Waals surface area contributed by atoms with E-state index in [9.17, 15) is 23.6 Å². The Hall–Kier alpha value is -4.73. The van der Waals surface area contributed by atoms with Gasteiger partial charge in [0.05, 0.1) is 31.9 Å². The predicted molar refractivity (Wildman–Crippen MR) is 127 cm³/mol. The molecule has 10 heteroatoms. The molecular weight excluding hydrogens is 469 g/mol. The van der Waals surface area contributed by atoms with E-state index in [-0.39, 0.29) is 23.3 Å². The summed E-state index contributed by atoms with van der Waals surface area (Å²) in [6.07, 6.45) is -0.385. The van der Waals surface area contributed by atoms with Gasteiger partial charge in [-0.1, -0.05) is 30.3 Å². The largest absolute Gasteiger partial charge is 0.493 e. The lowest BCUT2D eigenvalue weighted by Gasteiger charge is -2.28. The normalized spacial score (nSPS) is 15.0. The van der Waals surface area contributed by atoms with Gasteiger partial charge in [-0.2, -0.15) is 0 Å². The fraction of sp³-hybridized carbons (Fsp3) is 0.154. The first kappa shape index (κ1) is 24.4. The molecule has 9 nitrogen and oxygen atoms in total. The molecule has 0 saturated carbocycles. The highest BCUT2D eigenvalue weighted by atomic mass is 19.1. The number of halogens is 1. The van der Waals surface area contributed by atoms with Crippen molar-refractivity contribution < 1.29 is 33.0 Å². The number of nitrogens with one attached hydrogen (secondary N) is 1. The van der Waals surface area contributed by atoms with Crippen LogP contribution in [0.2, 0.25) is 0 Å². The van der Waals surface area contributed by atoms with Gasteiger partial charge in [0.15, 0.2) is 11.5 Å². The lowest BCUT2D eigenvalue weighted by molar-refractivity contribution is -0.122. The summed E-state index contributed by atoms with van der Waals surface area (Å²) >= 11 is 0. The van der Waals surface area contributed by atoms with Crippen LogP contribution in [0.3, 0.4) is 0 Å². The molecule has 184 valence electrons. The van der Waals surface area contributed by atoms with Crippen molar-refractivity contribution in [2.45, 2.75) is 12.5 Å². The minimum Gasteiger partial charge on any atom is -0.493 e. The third kappa shape index (κ3) is 4.61. The van der Waals surface area contributed by atoms with Crippen LogP contribution in [0.25, 0.3) is 0 Å². The summed E-state index contributed by atoms with van der Waals surface area (Å²) in [5.41, 5.74) is 2.37. The van der Waals surface area contributed by atoms with E-state index in [1.165, 1.54) is 50.6 Å². The average Bonchev–Trinajstić information content (AvgIpc) is 3.20. The van der Waals surface area contributed by atoms with E-state index in [1.54, 1.807) is 30.3 Å². The summed E-state index contributed by atoms with van der Waals surface area (Å²) in [4.78, 5) is 53.6. The average molecular weight is 491 g/mol. The zero-order valence-corrected chi connectivity index (χ0v) is 19.4. The number of methoxy groups -OCH3 is 2. The highest BCUT2D eigenvalue weighted by Crippen LogP contribution is 2.30. The first-order valence-corrected chi connectivity index (χ1v) is 10.9. The van der Waals surface area contributed by atoms with E-state index in [1.807, 2.05) is 0 Å². The smallest absolute Gasteiger partial charge is 0.273 e. The molecule has 36 heavy (non-hydrogen) atoms. The molecule has 0 bridgehead atoms. The standard InChI is InChI=1S/C26H22FN3O6/c1-35-21-13-12-16(14-22(21)36-2)25(33)30(28-24(32)18-10-6-7-11-19(18)27)20-15-23(31)29(26(20)34)17-8-4-3-5-9-17/h3-14,20H,15H2,1-2H3,(H,28,32). The molecule has 1 atom stereocenters. The number of amides is 4. The van der Waals surface area contributed by atoms with Crippen molar-refractivity contribution in [2.24, 2.45) is 0 Å². The van der Waals surface area contributed by atoms with Gasteiger partial charge in [-0.15, -0.1) is 0 Å². The van der Waals surface area contributed by atoms with Crippen LogP contribution in [-0.4, -0.2) is 48.9 Å². The van der Waals surface area contributed by atoms with Gasteiger partial charge < -0.3 is 9.47 Å². The van der Waals surface area contributed by atoms with Crippen molar-refractivity contribution in [1.29, 1.82) is 0 Å². The zero-order valence-electron chi connectivity index (χ0n) is 19.4. The molecule has 3 aromatic rings. The number of imide groups is 1. The SMILES string of the molecule is COc1ccc(C(=O)N(NC(=O)c2ccccc2F)C2CC(=O)N(c3ccccc3)C2=O)cc1OC. The van der Waals surface area contributed by atoms with Crippen LogP contribution in [0.5, 0.6) is 11.5 Å². The first-order chi connectivity index (χ1) is 17.3. The van der Waals surface area contributed by atoms with Crippen molar-refractivity contribution in [1.82, 2.24) is 10.4 Å². The van der Waals surface area contributed by atoms with Crippen LogP contribution in [0, 0.1) is 5.82 Å². The summed E-state index contributed by atoms with van der Waals surface area (Å²) < 4.78 is 24.7. The van der Waals surface area contributed by atoms with E-state index in [2.05, 4.69) is 5.43 Å². The maximum atomic E-state index is 14.3. The topological polar surface area (TPSA) is 105 Å². The number of nitrogens with zero attached hydrogens (tertiary/aromatic N) is 2. The van der Waals surface area contributed by atoms with Crippen LogP contribution in [0.1, 0.15) is 27.1 Å². The second kappa shape index (κ2) is 10.3. The Bertz CT molecular complexity index is 1330. The van der Waals surface area contributed by atoms with Crippen LogP contribution in [0.4, 0.5) is 10.1 Å². The van der Waals surface area contributed by atoms with Gasteiger partial charge in [0.1, 0.15) is 11.9 Å². The van der Waals surface area contributed by atoms with Crippen molar-refractivity contribution >= 4 is 29.3 Å². The molecule has 1 aliphatic heterocycles. The third-order valence-electron chi connectivity index (χ3n) is 5.64. The second-order valence-electron chi connectivity index (χ2n) is 7.79. The number of carbonyl (C=O) groups excluding carboxylic acids is 4. The first-order valence-electron chi connectivity index (χ1n) is 10.9. The number of hydrogen-bond donors (Lipinski definition) is 1. The predicted octanol–water partition coefficient (Wildman–Crippen LogP) is 2.96. The van der Waals surface area contributed by atoms with Crippen LogP contribution in [-0.2, 0) is 9.59 Å². The highest BCUT2D eigenvalue weighted by Gasteiger charge is 2.45. The number of rotatable bonds is 6. The number of carbonyl (C=O) groups is 4. The minimum atomic E-state index is -1.37. The molecule has 4 rings (SSSR count). The molecule has 1 unspecified atom stereocenters. The van der Waals surface area contributed by atoms with Gasteiger partial charge in [-0.3, -0.25) is 24.6 Å². The molecule has 3 aromatic carbocycles. The van der Waals surface area contributed by atoms with Gasteiger partial charge >= 0.3 is 0 Å². The van der Waals surface area contributed by atoms with Crippen molar-refractivity contribution in [3.05, 3.63) is 89.7 Å². The van der Waals surface area contributed by atoms with Crippen molar-refractivity contribution in [2.75, 3.05) is 19.1 Å². The Morgan fingerprint density at radius 1 is 0.944 bits per heavy atom. The quantitative estimate of drug-likeness (QED) is 0.420. The number of hydrazine groups is 1. The molecule has 1 N–H and O–H groups in total. The summed E-state index contributed by atoms with van der Waals surface area (Å²) in [5.74, 6) is -3.24. The van der Waals surface area contributed by atoms with Crippen molar-refractivity contribution in [3.63, 3.8) is 0 Å². The van der Waals surface area contributed by atoms with Gasteiger partial charge in [-0.25, -0.2) is 14.3 Å². The highest BCUT2D eigenvalue weighted by molar-refractivity contribution is 6.23. The molecule has 1 heterocycles. The summed E-state index contributed by atoms with van der Waals surface area (Å²) in [6.45, 7) is 0. The zero-order chi connectivity index (χ0) is 25.8. The van der Waals surface area contributed by atoms with Crippen molar-refractivity contribution in [3.8, 4) is 11.5 Å². The Morgan fingerprint density at radius 2 is 1.61 bits per heavy atom. The van der Waals surface area contributed by atoms with Gasteiger partial charge in [0.25, 0.3) is 17.7 Å². The number of anilines is 1. The van der Waals surface area contributed by atoms with Crippen LogP contribution < -0.4 is 19.8 Å². The van der Waals surface area contributed by atoms with E-state index in [0.29, 0.717) is 11.4 Å². The number of hydrogen-bond acceptors (Lipinski definition) is 6. The molecule has 1 aliphatic rings. The molecule has 1 saturated heterocycles. The summed E-state index contributed by atoms with van der Waals surface area (Å²) in [6, 6.07) is 16.3. The van der Waals surface area contributed by atoms with Crippen LogP contribution >= 0.6 is 0 Å². The summed E-state index contributed by atoms with van der Waals surface area (Å²) in [7, 11) is 2.82. The molecule has 0 radical (unpaired) electrons. The van der Waals surface area contributed by atoms with E-state index < -0.39 is 35.5 Å². The number of benzene rings is 3. The lowest BCUT2D eigenvalue weighted by atomic mass is 10.1. The van der Waals surface area contributed by atoms with Gasteiger partial charge in [-0.05, 0) is 42.5 Å². The number of ether oxygens (including phenoxy) is 2. The summed E-state index contributed by atoms with van der Waals surface area (Å²) in [5, 5.41) is 0.763. The maximum Gasteiger partial charge on any atom is 0.273 e. The van der Waals surface area contributed by atoms with E-state index in [0.717, 1.165) is 16.0 Å². The number of para-hydroxylation sites is 1. The molecule has 4 amide bonds. The Morgan fingerprint density at radius 3 is 2.28 bits per heavy atom. The second-order valence-corrected chi connectivity index (χ2v) is 7.79. The molecular formula is C26H22FN3O6. The Kier molecular flexibility index (Phi) is 6.95. The molecule has 0 aliphatic carbocycles. The molecule has 0 aromatic heterocycles. The Labute approximate surface area is 206 Å². The fourth-order valence-electron chi connectivity index (χ4n) is 3.86. The fourth-order valence-corrected chi connectivity index (χ4v) is 3.86. The minimum absolute atomic E-state index is 0.0416.